The van der Waals surface area contributed by atoms with Gasteiger partial charge in [0, 0.05) is 37.0 Å². The Morgan fingerprint density at radius 2 is 2.14 bits per heavy atom. The van der Waals surface area contributed by atoms with Crippen LogP contribution in [0.2, 0.25) is 0 Å². The fourth-order valence-corrected chi connectivity index (χ4v) is 5.02. The first-order chi connectivity index (χ1) is 13.5. The summed E-state index contributed by atoms with van der Waals surface area (Å²) in [5, 5.41) is 8.45. The van der Waals surface area contributed by atoms with Crippen molar-refractivity contribution in [2.24, 2.45) is 5.41 Å². The number of hydrogen-bond donors (Lipinski definition) is 1. The van der Waals surface area contributed by atoms with Crippen molar-refractivity contribution in [2.45, 2.75) is 65.0 Å². The van der Waals surface area contributed by atoms with Gasteiger partial charge in [0.05, 0.1) is 5.69 Å². The minimum Gasteiger partial charge on any atom is -0.388 e. The van der Waals surface area contributed by atoms with Crippen molar-refractivity contribution >= 4 is 17.3 Å². The zero-order valence-corrected chi connectivity index (χ0v) is 17.3. The van der Waals surface area contributed by atoms with Crippen LogP contribution in [0, 0.1) is 5.41 Å². The van der Waals surface area contributed by atoms with E-state index in [9.17, 15) is 0 Å². The number of aromatic nitrogens is 2. The van der Waals surface area contributed by atoms with E-state index < -0.39 is 0 Å². The molecule has 1 unspecified atom stereocenters. The summed E-state index contributed by atoms with van der Waals surface area (Å²) in [6.07, 6.45) is 10.4. The van der Waals surface area contributed by atoms with E-state index in [2.05, 4.69) is 48.1 Å². The summed E-state index contributed by atoms with van der Waals surface area (Å²) >= 11 is 0. The molecule has 4 heteroatoms. The Kier molecular flexibility index (Phi) is 4.35. The molecule has 2 aliphatic carbocycles. The number of fused-ring (bicyclic) bond motifs is 2. The standard InChI is InChI=1S/C24H31N3O/c1-24(2)10-9-20-21(15-24)27(22-6-4-5-11-28-22)26-23(20)18-12-16-7-8-19(25-3)14-17(16)13-18/h7-8,12,14,22,25H,4-6,9-11,13,15H2,1-3H3. The summed E-state index contributed by atoms with van der Waals surface area (Å²) in [7, 11) is 1.98. The Hall–Kier alpha value is -2.07. The molecule has 1 aromatic carbocycles. The van der Waals surface area contributed by atoms with Gasteiger partial charge < -0.3 is 10.1 Å². The maximum atomic E-state index is 6.14. The van der Waals surface area contributed by atoms with Crippen LogP contribution in [0.15, 0.2) is 18.2 Å². The summed E-state index contributed by atoms with van der Waals surface area (Å²) in [5.41, 5.74) is 9.74. The normalized spacial score (nSPS) is 23.1. The van der Waals surface area contributed by atoms with Gasteiger partial charge in [-0.05, 0) is 78.8 Å². The fraction of sp³-hybridized carbons (Fsp3) is 0.542. The van der Waals surface area contributed by atoms with Gasteiger partial charge in [-0.15, -0.1) is 0 Å². The fourth-order valence-electron chi connectivity index (χ4n) is 5.02. The van der Waals surface area contributed by atoms with Crippen molar-refractivity contribution in [3.05, 3.63) is 46.3 Å². The molecule has 1 atom stereocenters. The van der Waals surface area contributed by atoms with Crippen LogP contribution < -0.4 is 5.32 Å². The highest BCUT2D eigenvalue weighted by Crippen LogP contribution is 2.42. The van der Waals surface area contributed by atoms with E-state index >= 15 is 0 Å². The SMILES string of the molecule is CNc1ccc2c(c1)CC(c1nn(C3CCCCO3)c3c1CCC(C)(C)C3)=C2. The van der Waals surface area contributed by atoms with Gasteiger partial charge in [-0.1, -0.05) is 19.9 Å². The van der Waals surface area contributed by atoms with Crippen molar-refractivity contribution in [3.8, 4) is 0 Å². The quantitative estimate of drug-likeness (QED) is 0.795. The summed E-state index contributed by atoms with van der Waals surface area (Å²) < 4.78 is 8.40. The summed E-state index contributed by atoms with van der Waals surface area (Å²) in [6.45, 7) is 5.64. The molecule has 0 amide bonds. The highest BCUT2D eigenvalue weighted by atomic mass is 16.5. The third kappa shape index (κ3) is 3.08. The van der Waals surface area contributed by atoms with Crippen LogP contribution in [-0.2, 0) is 24.0 Å². The molecule has 0 saturated carbocycles. The Morgan fingerprint density at radius 3 is 2.93 bits per heavy atom. The zero-order valence-electron chi connectivity index (χ0n) is 17.3. The van der Waals surface area contributed by atoms with Crippen molar-refractivity contribution in [1.29, 1.82) is 0 Å². The second-order valence-corrected chi connectivity index (χ2v) is 9.39. The summed E-state index contributed by atoms with van der Waals surface area (Å²) in [6, 6.07) is 6.66. The van der Waals surface area contributed by atoms with E-state index in [0.29, 0.717) is 5.41 Å². The first-order valence-electron chi connectivity index (χ1n) is 10.8. The number of allylic oxidation sites excluding steroid dienone is 1. The second-order valence-electron chi connectivity index (χ2n) is 9.39. The lowest BCUT2D eigenvalue weighted by Gasteiger charge is -2.32. The Labute approximate surface area is 168 Å². The molecule has 1 aliphatic heterocycles. The van der Waals surface area contributed by atoms with Crippen LogP contribution in [0.25, 0.3) is 11.6 Å². The van der Waals surface area contributed by atoms with Crippen molar-refractivity contribution in [1.82, 2.24) is 9.78 Å². The number of benzene rings is 1. The van der Waals surface area contributed by atoms with E-state index in [0.717, 1.165) is 32.3 Å². The molecule has 1 saturated heterocycles. The number of nitrogens with zero attached hydrogens (tertiary/aromatic N) is 2. The minimum absolute atomic E-state index is 0.116. The van der Waals surface area contributed by atoms with Crippen molar-refractivity contribution in [2.75, 3.05) is 19.0 Å². The molecule has 0 spiro atoms. The van der Waals surface area contributed by atoms with E-state index in [4.69, 9.17) is 9.84 Å². The summed E-state index contributed by atoms with van der Waals surface area (Å²) in [4.78, 5) is 0. The maximum absolute atomic E-state index is 6.14. The molecule has 2 heterocycles. The number of anilines is 1. The molecule has 4 nitrogen and oxygen atoms in total. The lowest BCUT2D eigenvalue weighted by molar-refractivity contribution is -0.0420. The molecule has 1 N–H and O–H groups in total. The third-order valence-electron chi connectivity index (χ3n) is 6.69. The monoisotopic (exact) mass is 377 g/mol. The van der Waals surface area contributed by atoms with Gasteiger partial charge in [-0.25, -0.2) is 4.68 Å². The van der Waals surface area contributed by atoms with Crippen LogP contribution in [-0.4, -0.2) is 23.4 Å². The summed E-state index contributed by atoms with van der Waals surface area (Å²) in [5.74, 6) is 0. The van der Waals surface area contributed by atoms with Crippen LogP contribution in [0.3, 0.4) is 0 Å². The number of hydrogen-bond acceptors (Lipinski definition) is 3. The molecule has 1 aromatic heterocycles. The lowest BCUT2D eigenvalue weighted by atomic mass is 9.76. The van der Waals surface area contributed by atoms with Gasteiger partial charge in [0.15, 0.2) is 0 Å². The van der Waals surface area contributed by atoms with E-state index in [1.807, 2.05) is 7.05 Å². The maximum Gasteiger partial charge on any atom is 0.150 e. The molecule has 2 aromatic rings. The smallest absolute Gasteiger partial charge is 0.150 e. The molecule has 28 heavy (non-hydrogen) atoms. The predicted octanol–water partition coefficient (Wildman–Crippen LogP) is 5.24. The Balaban J connectivity index is 1.54. The first-order valence-corrected chi connectivity index (χ1v) is 10.8. The van der Waals surface area contributed by atoms with Gasteiger partial charge in [0.25, 0.3) is 0 Å². The molecular weight excluding hydrogens is 346 g/mol. The molecular formula is C24H31N3O. The van der Waals surface area contributed by atoms with Crippen LogP contribution in [0.4, 0.5) is 5.69 Å². The van der Waals surface area contributed by atoms with Crippen LogP contribution in [0.5, 0.6) is 0 Å². The largest absolute Gasteiger partial charge is 0.388 e. The Bertz CT molecular complexity index is 932. The molecule has 0 bridgehead atoms. The average molecular weight is 378 g/mol. The molecule has 5 rings (SSSR count). The minimum atomic E-state index is 0.116. The predicted molar refractivity (Wildman–Crippen MR) is 114 cm³/mol. The number of rotatable bonds is 3. The van der Waals surface area contributed by atoms with Gasteiger partial charge in [-0.3, -0.25) is 0 Å². The van der Waals surface area contributed by atoms with Gasteiger partial charge >= 0.3 is 0 Å². The van der Waals surface area contributed by atoms with E-state index in [-0.39, 0.29) is 6.23 Å². The van der Waals surface area contributed by atoms with Crippen LogP contribution >= 0.6 is 0 Å². The van der Waals surface area contributed by atoms with Crippen molar-refractivity contribution < 1.29 is 4.74 Å². The molecule has 3 aliphatic rings. The molecule has 148 valence electrons. The zero-order chi connectivity index (χ0) is 19.3. The van der Waals surface area contributed by atoms with E-state index in [1.165, 1.54) is 58.6 Å². The molecule has 1 fully saturated rings. The first kappa shape index (κ1) is 18.0. The topological polar surface area (TPSA) is 39.1 Å². The molecule has 0 radical (unpaired) electrons. The van der Waals surface area contributed by atoms with Crippen LogP contribution in [0.1, 0.15) is 73.8 Å². The number of ether oxygens (including phenoxy) is 1. The highest BCUT2D eigenvalue weighted by Gasteiger charge is 2.34. The van der Waals surface area contributed by atoms with Gasteiger partial charge in [0.1, 0.15) is 6.23 Å². The third-order valence-corrected chi connectivity index (χ3v) is 6.69. The number of nitrogens with one attached hydrogen (secondary N) is 1. The average Bonchev–Trinajstić information content (AvgIpc) is 3.28. The highest BCUT2D eigenvalue weighted by molar-refractivity contribution is 5.89. The second kappa shape index (κ2) is 6.77. The van der Waals surface area contributed by atoms with Crippen molar-refractivity contribution in [3.63, 3.8) is 0 Å². The Morgan fingerprint density at radius 1 is 1.25 bits per heavy atom. The van der Waals surface area contributed by atoms with Gasteiger partial charge in [-0.2, -0.15) is 5.10 Å². The van der Waals surface area contributed by atoms with Gasteiger partial charge in [0.2, 0.25) is 0 Å². The lowest BCUT2D eigenvalue weighted by Crippen LogP contribution is -2.27. The van der Waals surface area contributed by atoms with E-state index in [1.54, 1.807) is 0 Å².